The summed E-state index contributed by atoms with van der Waals surface area (Å²) in [4.78, 5) is 10.1. The Hall–Kier alpha value is -3.00. The summed E-state index contributed by atoms with van der Waals surface area (Å²) >= 11 is 0. The highest BCUT2D eigenvalue weighted by molar-refractivity contribution is 6.13. The second-order valence-corrected chi connectivity index (χ2v) is 8.44. The zero-order valence-electron chi connectivity index (χ0n) is 19.3. The minimum atomic E-state index is 0.712. The van der Waals surface area contributed by atoms with E-state index in [4.69, 9.17) is 9.98 Å². The van der Waals surface area contributed by atoms with Crippen molar-refractivity contribution in [1.82, 2.24) is 0 Å². The van der Waals surface area contributed by atoms with Crippen LogP contribution in [0.1, 0.15) is 52.3 Å². The van der Waals surface area contributed by atoms with Crippen molar-refractivity contribution in [3.05, 3.63) is 93.5 Å². The smallest absolute Gasteiger partial charge is 0.0691 e. The number of rotatable bonds is 5. The van der Waals surface area contributed by atoms with Crippen LogP contribution in [0.15, 0.2) is 64.6 Å². The molecule has 0 N–H and O–H groups in total. The molecule has 0 saturated carbocycles. The molecular weight excluding hydrogens is 364 g/mol. The van der Waals surface area contributed by atoms with Crippen LogP contribution < -0.4 is 0 Å². The molecule has 0 unspecified atom stereocenters. The van der Waals surface area contributed by atoms with E-state index in [1.165, 1.54) is 33.4 Å². The van der Waals surface area contributed by atoms with Gasteiger partial charge >= 0.3 is 0 Å². The van der Waals surface area contributed by atoms with Crippen LogP contribution in [0.3, 0.4) is 0 Å². The van der Waals surface area contributed by atoms with Crippen LogP contribution in [-0.4, -0.2) is 11.4 Å². The summed E-state index contributed by atoms with van der Waals surface area (Å²) in [6.45, 7) is 14.9. The molecule has 3 aromatic carbocycles. The van der Waals surface area contributed by atoms with Gasteiger partial charge in [0.25, 0.3) is 0 Å². The van der Waals surface area contributed by atoms with Gasteiger partial charge in [0.2, 0.25) is 0 Å². The van der Waals surface area contributed by atoms with E-state index < -0.39 is 0 Å². The third-order valence-electron chi connectivity index (χ3n) is 5.35. The summed E-state index contributed by atoms with van der Waals surface area (Å²) in [7, 11) is 0. The lowest BCUT2D eigenvalue weighted by molar-refractivity contribution is 1.26. The lowest BCUT2D eigenvalue weighted by Gasteiger charge is -2.13. The van der Waals surface area contributed by atoms with E-state index in [1.54, 1.807) is 0 Å². The number of aliphatic imine (C=N–C) groups is 2. The highest BCUT2D eigenvalue weighted by Crippen LogP contribution is 2.28. The highest BCUT2D eigenvalue weighted by atomic mass is 14.8. The lowest BCUT2D eigenvalue weighted by atomic mass is 10.0. The lowest BCUT2D eigenvalue weighted by Crippen LogP contribution is -2.07. The molecular formula is C28H32N2. The molecule has 0 spiro atoms. The van der Waals surface area contributed by atoms with Gasteiger partial charge in [0, 0.05) is 12.1 Å². The number of benzene rings is 3. The molecule has 0 aliphatic rings. The molecule has 2 heteroatoms. The predicted octanol–water partition coefficient (Wildman–Crippen LogP) is 7.84. The summed E-state index contributed by atoms with van der Waals surface area (Å²) in [6, 6.07) is 19.3. The van der Waals surface area contributed by atoms with E-state index in [0.717, 1.165) is 28.4 Å². The molecule has 0 aliphatic carbocycles. The van der Waals surface area contributed by atoms with Gasteiger partial charge in [0.05, 0.1) is 17.1 Å². The molecule has 0 atom stereocenters. The Balaban J connectivity index is 2.05. The fraction of sp³-hybridized carbons (Fsp3) is 0.286. The number of nitrogens with zero attached hydrogens (tertiary/aromatic N) is 2. The first-order valence-electron chi connectivity index (χ1n) is 10.6. The van der Waals surface area contributed by atoms with Gasteiger partial charge in [-0.2, -0.15) is 0 Å². The Morgan fingerprint density at radius 2 is 1.07 bits per heavy atom. The third kappa shape index (κ3) is 5.13. The summed E-state index contributed by atoms with van der Waals surface area (Å²) in [5.41, 5.74) is 12.8. The zero-order chi connectivity index (χ0) is 21.8. The van der Waals surface area contributed by atoms with E-state index in [9.17, 15) is 0 Å². The normalized spacial score (nSPS) is 12.4. The van der Waals surface area contributed by atoms with Crippen molar-refractivity contribution in [2.75, 3.05) is 0 Å². The molecule has 2 nitrogen and oxygen atoms in total. The molecule has 0 heterocycles. The van der Waals surface area contributed by atoms with E-state index in [2.05, 4.69) is 97.0 Å². The van der Waals surface area contributed by atoms with E-state index >= 15 is 0 Å². The van der Waals surface area contributed by atoms with Gasteiger partial charge in [-0.25, -0.2) is 0 Å². The molecule has 3 aromatic rings. The van der Waals surface area contributed by atoms with E-state index in [-0.39, 0.29) is 0 Å². The minimum Gasteiger partial charge on any atom is -0.257 e. The maximum Gasteiger partial charge on any atom is 0.0691 e. The van der Waals surface area contributed by atoms with Gasteiger partial charge < -0.3 is 0 Å². The maximum atomic E-state index is 5.15. The molecule has 0 saturated heterocycles. The van der Waals surface area contributed by atoms with Crippen molar-refractivity contribution in [3.8, 4) is 0 Å². The van der Waals surface area contributed by atoms with Crippen molar-refractivity contribution in [2.45, 2.75) is 54.9 Å². The van der Waals surface area contributed by atoms with Crippen LogP contribution >= 0.6 is 0 Å². The molecule has 0 amide bonds. The standard InChI is InChI=1S/C28H32N2/c1-18-13-20(3)27(21(4)14-18)29-24(7)17-26(25-11-9-8-10-12-25)30-28-22(5)15-19(2)16-23(28)6/h8-16H,17H2,1-7H3. The average molecular weight is 397 g/mol. The molecule has 154 valence electrons. The van der Waals surface area contributed by atoms with Gasteiger partial charge in [0.1, 0.15) is 0 Å². The Kier molecular flexibility index (Phi) is 6.66. The largest absolute Gasteiger partial charge is 0.257 e. The predicted molar refractivity (Wildman–Crippen MR) is 131 cm³/mol. The van der Waals surface area contributed by atoms with Crippen LogP contribution in [0.2, 0.25) is 0 Å². The maximum absolute atomic E-state index is 5.15. The topological polar surface area (TPSA) is 24.7 Å². The first-order chi connectivity index (χ1) is 14.2. The second kappa shape index (κ2) is 9.21. The Morgan fingerprint density at radius 1 is 0.633 bits per heavy atom. The fourth-order valence-corrected chi connectivity index (χ4v) is 4.14. The van der Waals surface area contributed by atoms with Crippen LogP contribution in [0.4, 0.5) is 11.4 Å². The average Bonchev–Trinajstić information content (AvgIpc) is 2.67. The van der Waals surface area contributed by atoms with Gasteiger partial charge in [-0.3, -0.25) is 9.98 Å². The molecule has 0 radical (unpaired) electrons. The van der Waals surface area contributed by atoms with Crippen molar-refractivity contribution >= 4 is 22.8 Å². The van der Waals surface area contributed by atoms with Crippen molar-refractivity contribution < 1.29 is 0 Å². The van der Waals surface area contributed by atoms with Gasteiger partial charge in [-0.05, 0) is 76.3 Å². The van der Waals surface area contributed by atoms with Crippen LogP contribution in [0.5, 0.6) is 0 Å². The van der Waals surface area contributed by atoms with Crippen molar-refractivity contribution in [2.24, 2.45) is 9.98 Å². The van der Waals surface area contributed by atoms with Crippen molar-refractivity contribution in [1.29, 1.82) is 0 Å². The highest BCUT2D eigenvalue weighted by Gasteiger charge is 2.11. The second-order valence-electron chi connectivity index (χ2n) is 8.44. The summed E-state index contributed by atoms with van der Waals surface area (Å²) in [5, 5.41) is 0. The van der Waals surface area contributed by atoms with Crippen molar-refractivity contribution in [3.63, 3.8) is 0 Å². The van der Waals surface area contributed by atoms with Gasteiger partial charge in [-0.1, -0.05) is 65.7 Å². The number of aryl methyl sites for hydroxylation is 6. The first kappa shape index (κ1) is 21.7. The quantitative estimate of drug-likeness (QED) is 0.392. The summed E-state index contributed by atoms with van der Waals surface area (Å²) in [5.74, 6) is 0. The molecule has 3 rings (SSSR count). The number of hydrogen-bond donors (Lipinski definition) is 0. The molecule has 0 fully saturated rings. The zero-order valence-corrected chi connectivity index (χ0v) is 19.3. The Labute approximate surface area is 181 Å². The van der Waals surface area contributed by atoms with Gasteiger partial charge in [-0.15, -0.1) is 0 Å². The van der Waals surface area contributed by atoms with Crippen LogP contribution in [0, 0.1) is 41.5 Å². The summed E-state index contributed by atoms with van der Waals surface area (Å²) < 4.78 is 0. The monoisotopic (exact) mass is 396 g/mol. The molecule has 30 heavy (non-hydrogen) atoms. The van der Waals surface area contributed by atoms with E-state index in [1.807, 2.05) is 6.07 Å². The molecule has 0 aliphatic heterocycles. The molecule has 0 bridgehead atoms. The SMILES string of the molecule is CC(CC(=Nc1c(C)cc(C)cc1C)c1ccccc1)=Nc1c(C)cc(C)cc1C. The molecule has 0 aromatic heterocycles. The van der Waals surface area contributed by atoms with Gasteiger partial charge in [0.15, 0.2) is 0 Å². The third-order valence-corrected chi connectivity index (χ3v) is 5.35. The summed E-state index contributed by atoms with van der Waals surface area (Å²) in [6.07, 6.45) is 0.712. The Morgan fingerprint density at radius 3 is 1.53 bits per heavy atom. The van der Waals surface area contributed by atoms with Crippen LogP contribution in [0.25, 0.3) is 0 Å². The fourth-order valence-electron chi connectivity index (χ4n) is 4.14. The Bertz CT molecular complexity index is 1070. The van der Waals surface area contributed by atoms with E-state index in [0.29, 0.717) is 6.42 Å². The first-order valence-corrected chi connectivity index (χ1v) is 10.6. The van der Waals surface area contributed by atoms with Crippen LogP contribution in [-0.2, 0) is 0 Å². The number of hydrogen-bond acceptors (Lipinski definition) is 2. The minimum absolute atomic E-state index is 0.712.